The third-order valence-corrected chi connectivity index (χ3v) is 6.73. The maximum absolute atomic E-state index is 13.2. The average Bonchev–Trinajstić information content (AvgIpc) is 2.85. The van der Waals surface area contributed by atoms with E-state index >= 15 is 0 Å². The zero-order chi connectivity index (χ0) is 22.8. The average molecular weight is 447 g/mol. The van der Waals surface area contributed by atoms with E-state index in [4.69, 9.17) is 0 Å². The van der Waals surface area contributed by atoms with E-state index in [1.54, 1.807) is 6.07 Å². The number of anilines is 1. The normalized spacial score (nSPS) is 18.6. The summed E-state index contributed by atoms with van der Waals surface area (Å²) in [5.74, 6) is 0.415. The van der Waals surface area contributed by atoms with Gasteiger partial charge in [-0.3, -0.25) is 9.59 Å². The number of hydrogen-bond donors (Lipinski definition) is 1. The first-order chi connectivity index (χ1) is 16.1. The van der Waals surface area contributed by atoms with Gasteiger partial charge in [0, 0.05) is 25.1 Å². The summed E-state index contributed by atoms with van der Waals surface area (Å²) in [4.78, 5) is 27.4. The zero-order valence-electron chi connectivity index (χ0n) is 18.4. The fraction of sp³-hybridized carbons (Fsp3) is 0.346. The lowest BCUT2D eigenvalue weighted by Gasteiger charge is -2.34. The van der Waals surface area contributed by atoms with Gasteiger partial charge in [0.15, 0.2) is 0 Å². The van der Waals surface area contributed by atoms with Crippen LogP contribution in [-0.4, -0.2) is 28.8 Å². The monoisotopic (exact) mass is 446 g/mol. The smallest absolute Gasteiger partial charge is 0.271 e. The van der Waals surface area contributed by atoms with Gasteiger partial charge < -0.3 is 10.2 Å². The molecule has 1 fully saturated rings. The Bertz CT molecular complexity index is 1200. The molecular formula is C26H27FN4O2. The van der Waals surface area contributed by atoms with E-state index in [9.17, 15) is 14.0 Å². The van der Waals surface area contributed by atoms with Crippen LogP contribution in [0.5, 0.6) is 0 Å². The highest BCUT2D eigenvalue weighted by Gasteiger charge is 2.29. The number of piperidine rings is 1. The number of amides is 1. The van der Waals surface area contributed by atoms with E-state index in [0.717, 1.165) is 32.1 Å². The van der Waals surface area contributed by atoms with Crippen LogP contribution >= 0.6 is 0 Å². The Kier molecular flexibility index (Phi) is 5.94. The Labute approximate surface area is 192 Å². The summed E-state index contributed by atoms with van der Waals surface area (Å²) in [5.41, 5.74) is 2.84. The number of nitrogens with zero attached hydrogens (tertiary/aromatic N) is 3. The second kappa shape index (κ2) is 9.17. The van der Waals surface area contributed by atoms with Crippen molar-refractivity contribution >= 4 is 11.7 Å². The molecule has 2 aromatic carbocycles. The molecule has 33 heavy (non-hydrogen) atoms. The molecule has 2 heterocycles. The van der Waals surface area contributed by atoms with Gasteiger partial charge in [-0.2, -0.15) is 4.68 Å². The van der Waals surface area contributed by atoms with Gasteiger partial charge in [0.05, 0.1) is 11.7 Å². The number of carbonyl (C=O) groups excluding carboxylic acids is 1. The standard InChI is InChI=1S/C26H27FN4O2/c27-20-8-10-21(11-9-20)31-25(32)13-12-24(29-31)30-16-14-19(15-17-30)26(33)28-23-7-3-5-18-4-1-2-6-22(18)23/h1-2,4,6,8-13,19,23H,3,5,7,14-17H2,(H,28,33)/t23-/m0/s1. The van der Waals surface area contributed by atoms with Crippen molar-refractivity contribution in [1.82, 2.24) is 15.1 Å². The molecule has 0 spiro atoms. The Morgan fingerprint density at radius 3 is 2.52 bits per heavy atom. The Morgan fingerprint density at radius 2 is 1.73 bits per heavy atom. The lowest BCUT2D eigenvalue weighted by molar-refractivity contribution is -0.126. The largest absolute Gasteiger partial charge is 0.355 e. The van der Waals surface area contributed by atoms with Crippen molar-refractivity contribution in [2.75, 3.05) is 18.0 Å². The summed E-state index contributed by atoms with van der Waals surface area (Å²) in [6.07, 6.45) is 4.62. The number of carbonyl (C=O) groups is 1. The number of fused-ring (bicyclic) bond motifs is 1. The van der Waals surface area contributed by atoms with Crippen LogP contribution in [0.2, 0.25) is 0 Å². The first-order valence-electron chi connectivity index (χ1n) is 11.6. The highest BCUT2D eigenvalue weighted by molar-refractivity contribution is 5.79. The van der Waals surface area contributed by atoms with E-state index < -0.39 is 0 Å². The molecule has 1 aromatic heterocycles. The van der Waals surface area contributed by atoms with E-state index in [1.165, 1.54) is 46.1 Å². The van der Waals surface area contributed by atoms with Crippen molar-refractivity contribution in [3.63, 3.8) is 0 Å². The van der Waals surface area contributed by atoms with Gasteiger partial charge in [-0.05, 0) is 73.6 Å². The van der Waals surface area contributed by atoms with Gasteiger partial charge in [0.2, 0.25) is 5.91 Å². The van der Waals surface area contributed by atoms with Crippen molar-refractivity contribution in [2.24, 2.45) is 5.92 Å². The Hall–Kier alpha value is -3.48. The predicted molar refractivity (Wildman–Crippen MR) is 125 cm³/mol. The molecule has 1 aliphatic heterocycles. The van der Waals surface area contributed by atoms with Gasteiger partial charge in [0.25, 0.3) is 5.56 Å². The zero-order valence-corrected chi connectivity index (χ0v) is 18.4. The minimum atomic E-state index is -0.361. The molecular weight excluding hydrogens is 419 g/mol. The molecule has 3 aromatic rings. The number of rotatable bonds is 4. The molecule has 0 bridgehead atoms. The van der Waals surface area contributed by atoms with Crippen LogP contribution in [-0.2, 0) is 11.2 Å². The van der Waals surface area contributed by atoms with Crippen LogP contribution in [0.3, 0.4) is 0 Å². The van der Waals surface area contributed by atoms with E-state index in [1.807, 2.05) is 6.07 Å². The summed E-state index contributed by atoms with van der Waals surface area (Å²) in [6.45, 7) is 1.38. The topological polar surface area (TPSA) is 67.2 Å². The van der Waals surface area contributed by atoms with Crippen LogP contribution in [0.1, 0.15) is 42.9 Å². The summed E-state index contributed by atoms with van der Waals surface area (Å²) in [7, 11) is 0. The van der Waals surface area contributed by atoms with Crippen molar-refractivity contribution in [3.05, 3.63) is 88.0 Å². The molecule has 1 N–H and O–H groups in total. The maximum atomic E-state index is 13.2. The minimum Gasteiger partial charge on any atom is -0.355 e. The lowest BCUT2D eigenvalue weighted by atomic mass is 9.87. The van der Waals surface area contributed by atoms with Gasteiger partial charge in [0.1, 0.15) is 11.6 Å². The number of benzene rings is 2. The first kappa shape index (κ1) is 21.4. The fourth-order valence-corrected chi connectivity index (χ4v) is 4.90. The Balaban J connectivity index is 1.23. The maximum Gasteiger partial charge on any atom is 0.271 e. The number of aryl methyl sites for hydroxylation is 1. The molecule has 2 aliphatic rings. The van der Waals surface area contributed by atoms with Crippen molar-refractivity contribution in [3.8, 4) is 5.69 Å². The van der Waals surface area contributed by atoms with Crippen LogP contribution in [0.25, 0.3) is 5.69 Å². The fourth-order valence-electron chi connectivity index (χ4n) is 4.90. The second-order valence-electron chi connectivity index (χ2n) is 8.83. The van der Waals surface area contributed by atoms with Gasteiger partial charge in [-0.1, -0.05) is 24.3 Å². The van der Waals surface area contributed by atoms with E-state index in [2.05, 4.69) is 33.5 Å². The Morgan fingerprint density at radius 1 is 0.970 bits per heavy atom. The molecule has 0 radical (unpaired) electrons. The quantitative estimate of drug-likeness (QED) is 0.662. The van der Waals surface area contributed by atoms with Crippen molar-refractivity contribution in [1.29, 1.82) is 0 Å². The van der Waals surface area contributed by atoms with Crippen LogP contribution in [0.4, 0.5) is 10.2 Å². The van der Waals surface area contributed by atoms with Crippen LogP contribution in [0.15, 0.2) is 65.5 Å². The molecule has 5 rings (SSSR count). The number of aromatic nitrogens is 2. The molecule has 6 nitrogen and oxygen atoms in total. The molecule has 1 aliphatic carbocycles. The third-order valence-electron chi connectivity index (χ3n) is 6.73. The third kappa shape index (κ3) is 4.53. The summed E-state index contributed by atoms with van der Waals surface area (Å²) >= 11 is 0. The first-order valence-corrected chi connectivity index (χ1v) is 11.6. The second-order valence-corrected chi connectivity index (χ2v) is 8.83. The SMILES string of the molecule is O=C(N[C@H]1CCCc2ccccc21)C1CCN(c2ccc(=O)n(-c3ccc(F)cc3)n2)CC1. The molecule has 0 saturated carbocycles. The highest BCUT2D eigenvalue weighted by Crippen LogP contribution is 2.30. The molecule has 7 heteroatoms. The van der Waals surface area contributed by atoms with Gasteiger partial charge >= 0.3 is 0 Å². The highest BCUT2D eigenvalue weighted by atomic mass is 19.1. The van der Waals surface area contributed by atoms with Crippen LogP contribution in [0, 0.1) is 11.7 Å². The van der Waals surface area contributed by atoms with E-state index in [-0.39, 0.29) is 29.2 Å². The predicted octanol–water partition coefficient (Wildman–Crippen LogP) is 3.78. The molecule has 1 amide bonds. The van der Waals surface area contributed by atoms with Crippen molar-refractivity contribution < 1.29 is 9.18 Å². The minimum absolute atomic E-state index is 0.0293. The van der Waals surface area contributed by atoms with Gasteiger partial charge in [-0.25, -0.2) is 4.39 Å². The number of hydrogen-bond acceptors (Lipinski definition) is 4. The lowest BCUT2D eigenvalue weighted by Crippen LogP contribution is -2.42. The van der Waals surface area contributed by atoms with Crippen molar-refractivity contribution in [2.45, 2.75) is 38.1 Å². The summed E-state index contributed by atoms with van der Waals surface area (Å²) in [6, 6.07) is 17.4. The molecule has 170 valence electrons. The summed E-state index contributed by atoms with van der Waals surface area (Å²) in [5, 5.41) is 7.78. The molecule has 1 saturated heterocycles. The summed E-state index contributed by atoms with van der Waals surface area (Å²) < 4.78 is 14.5. The molecule has 1 atom stereocenters. The van der Waals surface area contributed by atoms with Crippen LogP contribution < -0.4 is 15.8 Å². The molecule has 0 unspecified atom stereocenters. The number of nitrogens with one attached hydrogen (secondary N) is 1. The van der Waals surface area contributed by atoms with E-state index in [0.29, 0.717) is 24.6 Å². The number of halogens is 1. The van der Waals surface area contributed by atoms with Gasteiger partial charge in [-0.15, -0.1) is 5.10 Å².